The van der Waals surface area contributed by atoms with Gasteiger partial charge >= 0.3 is 17.9 Å². The van der Waals surface area contributed by atoms with E-state index in [4.69, 9.17) is 26.8 Å². The highest BCUT2D eigenvalue weighted by atomic mass is 32.1. The van der Waals surface area contributed by atoms with E-state index in [2.05, 4.69) is 41.6 Å². The van der Waals surface area contributed by atoms with Crippen molar-refractivity contribution in [3.63, 3.8) is 0 Å². The lowest BCUT2D eigenvalue weighted by Crippen LogP contribution is -2.40. The van der Waals surface area contributed by atoms with Crippen molar-refractivity contribution in [3.8, 4) is 0 Å². The lowest BCUT2D eigenvalue weighted by Gasteiger charge is -2.08. The third-order valence-corrected chi connectivity index (χ3v) is 3.71. The minimum Gasteiger partial charge on any atom is -0.480 e. The molecule has 176 valence electrons. The van der Waals surface area contributed by atoms with E-state index in [1.165, 1.54) is 6.92 Å². The van der Waals surface area contributed by atoms with Gasteiger partial charge in [-0.1, -0.05) is 0 Å². The molecule has 0 radical (unpaired) electrons. The van der Waals surface area contributed by atoms with E-state index in [0.717, 1.165) is 19.4 Å². The molecule has 0 aromatic carbocycles. The zero-order valence-electron chi connectivity index (χ0n) is 16.5. The molecule has 0 spiro atoms. The van der Waals surface area contributed by atoms with Crippen LogP contribution in [0.3, 0.4) is 0 Å². The maximum atomic E-state index is 10.3. The lowest BCUT2D eigenvalue weighted by atomic mass is 10.2. The van der Waals surface area contributed by atoms with Crippen molar-refractivity contribution in [1.29, 1.82) is 0 Å². The van der Waals surface area contributed by atoms with Crippen LogP contribution in [0.5, 0.6) is 0 Å². The molecule has 30 heavy (non-hydrogen) atoms. The SMILES string of the molecule is CC(=O)N[C@@H](CS)C(=O)O.NC(=O)[C@@H](N)CS.NCC(=O)O.O=C(O)[C@@H]1CCCN1. The Morgan fingerprint density at radius 3 is 1.73 bits per heavy atom. The summed E-state index contributed by atoms with van der Waals surface area (Å²) in [6, 6.07) is -1.74. The number of rotatable bonds is 7. The molecule has 0 unspecified atom stereocenters. The third kappa shape index (κ3) is 22.2. The number of nitrogens with two attached hydrogens (primary N) is 3. The van der Waals surface area contributed by atoms with Crippen molar-refractivity contribution in [2.45, 2.75) is 37.9 Å². The molecule has 13 nitrogen and oxygen atoms in total. The van der Waals surface area contributed by atoms with Crippen LogP contribution in [0, 0.1) is 0 Å². The van der Waals surface area contributed by atoms with Crippen molar-refractivity contribution in [2.75, 3.05) is 24.6 Å². The number of thiol groups is 2. The van der Waals surface area contributed by atoms with Gasteiger partial charge < -0.3 is 43.2 Å². The van der Waals surface area contributed by atoms with Gasteiger partial charge in [-0.15, -0.1) is 0 Å². The fourth-order valence-corrected chi connectivity index (χ4v) is 1.84. The molecule has 1 saturated heterocycles. The smallest absolute Gasteiger partial charge is 0.327 e. The highest BCUT2D eigenvalue weighted by Crippen LogP contribution is 2.03. The quantitative estimate of drug-likeness (QED) is 0.168. The van der Waals surface area contributed by atoms with Gasteiger partial charge in [0, 0.05) is 18.4 Å². The maximum Gasteiger partial charge on any atom is 0.327 e. The van der Waals surface area contributed by atoms with Crippen molar-refractivity contribution in [1.82, 2.24) is 10.6 Å². The predicted octanol–water partition coefficient (Wildman–Crippen LogP) is -2.91. The number of primary amides is 1. The summed E-state index contributed by atoms with van der Waals surface area (Å²) in [6.45, 7) is 1.84. The Morgan fingerprint density at radius 1 is 1.13 bits per heavy atom. The van der Waals surface area contributed by atoms with Gasteiger partial charge in [0.05, 0.1) is 12.6 Å². The normalized spacial score (nSPS) is 16.0. The number of nitrogens with one attached hydrogen (secondary N) is 2. The first kappa shape index (κ1) is 32.6. The monoisotopic (exact) mass is 473 g/mol. The average Bonchev–Trinajstić information content (AvgIpc) is 3.21. The predicted molar refractivity (Wildman–Crippen MR) is 115 cm³/mol. The summed E-state index contributed by atoms with van der Waals surface area (Å²) in [4.78, 5) is 49.9. The largest absolute Gasteiger partial charge is 0.480 e. The molecular formula is C15H31N5O8S2. The average molecular weight is 474 g/mol. The molecule has 0 bridgehead atoms. The Kier molecular flexibility index (Phi) is 22.0. The Hall–Kier alpha value is -2.07. The van der Waals surface area contributed by atoms with Crippen molar-refractivity contribution < 1.29 is 39.3 Å². The number of hydrogen-bond donors (Lipinski definition) is 10. The molecule has 0 aromatic heterocycles. The standard InChI is InChI=1S/C5H9NO3S.C5H9NO2.C3H8N2OS.C2H5NO2/c1-3(7)6-4(2-10)5(8)9;7-5(8)4-2-1-3-6-4;4-2(1-7)3(5)6;3-1-2(4)5/h4,10H,2H2,1H3,(H,6,7)(H,8,9);4,6H,1-3H2,(H,7,8);2,7H,1,4H2,(H2,5,6);1,3H2,(H,4,5)/t2*4-;2-;/m000./s1. The number of amides is 2. The van der Waals surface area contributed by atoms with Gasteiger partial charge in [0.25, 0.3) is 0 Å². The molecule has 0 saturated carbocycles. The summed E-state index contributed by atoms with van der Waals surface area (Å²) in [5.41, 5.74) is 14.4. The summed E-state index contributed by atoms with van der Waals surface area (Å²) < 4.78 is 0. The van der Waals surface area contributed by atoms with Crippen molar-refractivity contribution in [2.24, 2.45) is 17.2 Å². The lowest BCUT2D eigenvalue weighted by molar-refractivity contribution is -0.141. The summed E-state index contributed by atoms with van der Waals surface area (Å²) in [5, 5.41) is 29.4. The van der Waals surface area contributed by atoms with E-state index in [0.29, 0.717) is 5.75 Å². The molecule has 1 heterocycles. The minimum atomic E-state index is -1.06. The van der Waals surface area contributed by atoms with Crippen LogP contribution >= 0.6 is 25.3 Å². The van der Waals surface area contributed by atoms with Crippen LogP contribution in [0.4, 0.5) is 0 Å². The molecule has 2 amide bonds. The summed E-state index contributed by atoms with van der Waals surface area (Å²) in [5.74, 6) is -3.20. The fraction of sp³-hybridized carbons (Fsp3) is 0.667. The number of carboxylic acid groups (broad SMARTS) is 3. The zero-order chi connectivity index (χ0) is 24.3. The molecule has 0 aromatic rings. The maximum absolute atomic E-state index is 10.3. The van der Waals surface area contributed by atoms with Gasteiger partial charge in [-0.3, -0.25) is 19.2 Å². The Labute approximate surface area is 184 Å². The highest BCUT2D eigenvalue weighted by Gasteiger charge is 2.20. The number of carbonyl (C=O) groups is 5. The van der Waals surface area contributed by atoms with Crippen molar-refractivity contribution in [3.05, 3.63) is 0 Å². The molecule has 1 aliphatic heterocycles. The zero-order valence-corrected chi connectivity index (χ0v) is 18.3. The van der Waals surface area contributed by atoms with E-state index in [1.807, 2.05) is 0 Å². The van der Waals surface area contributed by atoms with Gasteiger partial charge in [-0.25, -0.2) is 4.79 Å². The molecule has 1 aliphatic rings. The van der Waals surface area contributed by atoms with E-state index in [-0.39, 0.29) is 24.2 Å². The van der Waals surface area contributed by atoms with Crippen LogP contribution < -0.4 is 27.8 Å². The van der Waals surface area contributed by atoms with E-state index in [1.54, 1.807) is 0 Å². The molecular weight excluding hydrogens is 442 g/mol. The first-order valence-electron chi connectivity index (χ1n) is 8.48. The van der Waals surface area contributed by atoms with Crippen LogP contribution in [-0.4, -0.2) is 87.8 Å². The van der Waals surface area contributed by atoms with Crippen molar-refractivity contribution >= 4 is 55.0 Å². The molecule has 3 atom stereocenters. The second-order valence-corrected chi connectivity index (χ2v) is 6.28. The van der Waals surface area contributed by atoms with E-state index < -0.39 is 35.9 Å². The molecule has 11 N–H and O–H groups in total. The molecule has 0 aliphatic carbocycles. The Morgan fingerprint density at radius 2 is 1.63 bits per heavy atom. The molecule has 1 fully saturated rings. The van der Waals surface area contributed by atoms with Gasteiger partial charge in [0.1, 0.15) is 12.1 Å². The van der Waals surface area contributed by atoms with E-state index >= 15 is 0 Å². The summed E-state index contributed by atoms with van der Waals surface area (Å²) >= 11 is 7.46. The summed E-state index contributed by atoms with van der Waals surface area (Å²) in [6.07, 6.45) is 1.78. The van der Waals surface area contributed by atoms with Crippen LogP contribution in [0.15, 0.2) is 0 Å². The van der Waals surface area contributed by atoms with Gasteiger partial charge in [-0.2, -0.15) is 25.3 Å². The van der Waals surface area contributed by atoms with Crippen LogP contribution in [0.1, 0.15) is 19.8 Å². The Balaban J connectivity index is -0.000000333. The highest BCUT2D eigenvalue weighted by molar-refractivity contribution is 7.80. The molecule has 1 rings (SSSR count). The first-order valence-corrected chi connectivity index (χ1v) is 9.74. The second-order valence-electron chi connectivity index (χ2n) is 5.55. The van der Waals surface area contributed by atoms with Gasteiger partial charge in [0.2, 0.25) is 11.8 Å². The number of carbonyl (C=O) groups excluding carboxylic acids is 2. The summed E-state index contributed by atoms with van der Waals surface area (Å²) in [7, 11) is 0. The van der Waals surface area contributed by atoms with Crippen LogP contribution in [-0.2, 0) is 24.0 Å². The first-order chi connectivity index (χ1) is 13.8. The topological polar surface area (TPSA) is 248 Å². The number of carboxylic acids is 3. The minimum absolute atomic E-state index is 0.106. The number of hydrogen-bond acceptors (Lipinski definition) is 10. The van der Waals surface area contributed by atoms with Crippen LogP contribution in [0.25, 0.3) is 0 Å². The number of aliphatic carboxylic acids is 3. The Bertz CT molecular complexity index is 547. The van der Waals surface area contributed by atoms with Gasteiger partial charge in [-0.05, 0) is 19.4 Å². The third-order valence-electron chi connectivity index (χ3n) is 2.95. The molecule has 15 heteroatoms. The van der Waals surface area contributed by atoms with E-state index in [9.17, 15) is 24.0 Å². The van der Waals surface area contributed by atoms with Gasteiger partial charge in [0.15, 0.2) is 0 Å². The fourth-order valence-electron chi connectivity index (χ4n) is 1.42. The second kappa shape index (κ2) is 20.2. The van der Waals surface area contributed by atoms with Crippen LogP contribution in [0.2, 0.25) is 0 Å².